The number of benzene rings is 1. The van der Waals surface area contributed by atoms with Crippen molar-refractivity contribution in [2.45, 2.75) is 33.7 Å². The Balaban J connectivity index is 1.91. The molecule has 2 heteroatoms. The summed E-state index contributed by atoms with van der Waals surface area (Å²) < 4.78 is 5.49. The molecule has 0 bridgehead atoms. The number of ether oxygens (including phenoxy) is 1. The zero-order valence-electron chi connectivity index (χ0n) is 10.5. The van der Waals surface area contributed by atoms with Crippen molar-refractivity contribution in [2.24, 2.45) is 5.41 Å². The monoisotopic (exact) mass is 219 g/mol. The maximum Gasteiger partial charge on any atom is 0.122 e. The Morgan fingerprint density at radius 2 is 2.12 bits per heavy atom. The second-order valence-corrected chi connectivity index (χ2v) is 5.70. The van der Waals surface area contributed by atoms with E-state index in [1.165, 1.54) is 11.1 Å². The molecule has 2 rings (SSSR count). The summed E-state index contributed by atoms with van der Waals surface area (Å²) >= 11 is 0. The number of nitrogens with one attached hydrogen (secondary N) is 1. The summed E-state index contributed by atoms with van der Waals surface area (Å²) in [7, 11) is 0. The maximum atomic E-state index is 5.49. The van der Waals surface area contributed by atoms with Crippen molar-refractivity contribution < 1.29 is 4.74 Å². The first-order valence-electron chi connectivity index (χ1n) is 6.00. The highest BCUT2D eigenvalue weighted by Crippen LogP contribution is 2.25. The van der Waals surface area contributed by atoms with Crippen LogP contribution in [0.25, 0.3) is 0 Å². The number of hydrogen-bond acceptors (Lipinski definition) is 2. The standard InChI is InChI=1S/C14H21NO/c1-14(2,3)10-15-9-11-4-5-13-12(8-11)6-7-16-13/h4-5,8,15H,6-7,9-10H2,1-3H3. The van der Waals surface area contributed by atoms with Gasteiger partial charge in [0.2, 0.25) is 0 Å². The lowest BCUT2D eigenvalue weighted by atomic mass is 9.97. The van der Waals surface area contributed by atoms with Gasteiger partial charge in [-0.25, -0.2) is 0 Å². The van der Waals surface area contributed by atoms with Gasteiger partial charge in [-0.15, -0.1) is 0 Å². The van der Waals surface area contributed by atoms with E-state index in [-0.39, 0.29) is 0 Å². The van der Waals surface area contributed by atoms with Gasteiger partial charge in [-0.05, 0) is 22.6 Å². The normalized spacial score (nSPS) is 14.7. The molecule has 0 aliphatic carbocycles. The minimum absolute atomic E-state index is 0.347. The van der Waals surface area contributed by atoms with Crippen LogP contribution in [0.15, 0.2) is 18.2 Å². The van der Waals surface area contributed by atoms with Crippen molar-refractivity contribution in [1.29, 1.82) is 0 Å². The van der Waals surface area contributed by atoms with E-state index in [0.29, 0.717) is 5.41 Å². The molecule has 2 nitrogen and oxygen atoms in total. The molecule has 1 aliphatic rings. The lowest BCUT2D eigenvalue weighted by Gasteiger charge is -2.18. The second kappa shape index (κ2) is 4.46. The molecule has 1 aliphatic heterocycles. The Morgan fingerprint density at radius 1 is 1.31 bits per heavy atom. The van der Waals surface area contributed by atoms with Gasteiger partial charge in [0.15, 0.2) is 0 Å². The fraction of sp³-hybridized carbons (Fsp3) is 0.571. The molecule has 0 saturated heterocycles. The Labute approximate surface area is 98.0 Å². The highest BCUT2D eigenvalue weighted by Gasteiger charge is 2.12. The predicted molar refractivity (Wildman–Crippen MR) is 66.8 cm³/mol. The molecule has 0 fully saturated rings. The number of hydrogen-bond donors (Lipinski definition) is 1. The van der Waals surface area contributed by atoms with Crippen molar-refractivity contribution in [3.8, 4) is 5.75 Å². The summed E-state index contributed by atoms with van der Waals surface area (Å²) in [6, 6.07) is 6.51. The molecule has 0 radical (unpaired) electrons. The summed E-state index contributed by atoms with van der Waals surface area (Å²) in [5.41, 5.74) is 3.06. The molecular weight excluding hydrogens is 198 g/mol. The zero-order valence-corrected chi connectivity index (χ0v) is 10.5. The molecule has 1 aromatic rings. The van der Waals surface area contributed by atoms with E-state index in [2.05, 4.69) is 44.3 Å². The van der Waals surface area contributed by atoms with Gasteiger partial charge < -0.3 is 10.1 Å². The van der Waals surface area contributed by atoms with Crippen LogP contribution in [0, 0.1) is 5.41 Å². The van der Waals surface area contributed by atoms with Crippen LogP contribution in [0.3, 0.4) is 0 Å². The van der Waals surface area contributed by atoms with Crippen LogP contribution in [0.2, 0.25) is 0 Å². The van der Waals surface area contributed by atoms with E-state index >= 15 is 0 Å². The van der Waals surface area contributed by atoms with Gasteiger partial charge in [-0.2, -0.15) is 0 Å². The molecule has 0 atom stereocenters. The van der Waals surface area contributed by atoms with Crippen LogP contribution in [-0.2, 0) is 13.0 Å². The third kappa shape index (κ3) is 2.99. The highest BCUT2D eigenvalue weighted by atomic mass is 16.5. The maximum absolute atomic E-state index is 5.49. The minimum atomic E-state index is 0.347. The van der Waals surface area contributed by atoms with Gasteiger partial charge in [0, 0.05) is 19.5 Å². The molecule has 1 aromatic carbocycles. The molecule has 0 aromatic heterocycles. The molecule has 88 valence electrons. The number of rotatable bonds is 3. The van der Waals surface area contributed by atoms with E-state index in [4.69, 9.17) is 4.74 Å². The Morgan fingerprint density at radius 3 is 2.88 bits per heavy atom. The Bertz CT molecular complexity index is 365. The van der Waals surface area contributed by atoms with Crippen LogP contribution in [0.1, 0.15) is 31.9 Å². The van der Waals surface area contributed by atoms with Crippen molar-refractivity contribution in [3.63, 3.8) is 0 Å². The van der Waals surface area contributed by atoms with Crippen LogP contribution >= 0.6 is 0 Å². The summed E-state index contributed by atoms with van der Waals surface area (Å²) in [4.78, 5) is 0. The summed E-state index contributed by atoms with van der Waals surface area (Å²) in [6.45, 7) is 9.57. The molecule has 0 amide bonds. The lowest BCUT2D eigenvalue weighted by Crippen LogP contribution is -2.26. The van der Waals surface area contributed by atoms with Crippen LogP contribution in [-0.4, -0.2) is 13.2 Å². The van der Waals surface area contributed by atoms with E-state index in [1.807, 2.05) is 0 Å². The van der Waals surface area contributed by atoms with Gasteiger partial charge in [0.05, 0.1) is 6.61 Å². The Kier molecular flexibility index (Phi) is 3.20. The molecule has 0 saturated carbocycles. The van der Waals surface area contributed by atoms with E-state index in [9.17, 15) is 0 Å². The first kappa shape index (κ1) is 11.5. The zero-order chi connectivity index (χ0) is 11.6. The largest absolute Gasteiger partial charge is 0.493 e. The minimum Gasteiger partial charge on any atom is -0.493 e. The van der Waals surface area contributed by atoms with Gasteiger partial charge in [0.1, 0.15) is 5.75 Å². The molecule has 0 spiro atoms. The third-order valence-electron chi connectivity index (χ3n) is 2.74. The lowest BCUT2D eigenvalue weighted by molar-refractivity contribution is 0.356. The fourth-order valence-corrected chi connectivity index (χ4v) is 1.93. The van der Waals surface area contributed by atoms with Crippen LogP contribution in [0.4, 0.5) is 0 Å². The fourth-order valence-electron chi connectivity index (χ4n) is 1.93. The van der Waals surface area contributed by atoms with Crippen LogP contribution < -0.4 is 10.1 Å². The van der Waals surface area contributed by atoms with Crippen molar-refractivity contribution in [2.75, 3.05) is 13.2 Å². The highest BCUT2D eigenvalue weighted by molar-refractivity contribution is 5.39. The van der Waals surface area contributed by atoms with Crippen molar-refractivity contribution in [3.05, 3.63) is 29.3 Å². The number of fused-ring (bicyclic) bond motifs is 1. The van der Waals surface area contributed by atoms with Gasteiger partial charge in [-0.3, -0.25) is 0 Å². The second-order valence-electron chi connectivity index (χ2n) is 5.70. The summed E-state index contributed by atoms with van der Waals surface area (Å²) in [5, 5.41) is 3.49. The predicted octanol–water partition coefficient (Wildman–Crippen LogP) is 2.76. The van der Waals surface area contributed by atoms with Crippen molar-refractivity contribution >= 4 is 0 Å². The van der Waals surface area contributed by atoms with Crippen LogP contribution in [0.5, 0.6) is 5.75 Å². The SMILES string of the molecule is CC(C)(C)CNCc1ccc2c(c1)CCO2. The molecular formula is C14H21NO. The first-order valence-corrected chi connectivity index (χ1v) is 6.00. The quantitative estimate of drug-likeness (QED) is 0.844. The average Bonchev–Trinajstić information content (AvgIpc) is 2.62. The molecule has 16 heavy (non-hydrogen) atoms. The molecule has 1 N–H and O–H groups in total. The van der Waals surface area contributed by atoms with Gasteiger partial charge in [0.25, 0.3) is 0 Å². The van der Waals surface area contributed by atoms with E-state index in [0.717, 1.165) is 31.9 Å². The Hall–Kier alpha value is -1.02. The van der Waals surface area contributed by atoms with Gasteiger partial charge in [-0.1, -0.05) is 32.9 Å². The summed E-state index contributed by atoms with van der Waals surface area (Å²) in [5.74, 6) is 1.07. The van der Waals surface area contributed by atoms with Crippen molar-refractivity contribution in [1.82, 2.24) is 5.32 Å². The average molecular weight is 219 g/mol. The first-order chi connectivity index (χ1) is 7.54. The summed E-state index contributed by atoms with van der Waals surface area (Å²) in [6.07, 6.45) is 1.06. The smallest absolute Gasteiger partial charge is 0.122 e. The topological polar surface area (TPSA) is 21.3 Å². The third-order valence-corrected chi connectivity index (χ3v) is 2.74. The molecule has 0 unspecified atom stereocenters. The van der Waals surface area contributed by atoms with E-state index < -0.39 is 0 Å². The van der Waals surface area contributed by atoms with E-state index in [1.54, 1.807) is 0 Å². The van der Waals surface area contributed by atoms with Gasteiger partial charge >= 0.3 is 0 Å². The molecule has 1 heterocycles.